The lowest BCUT2D eigenvalue weighted by molar-refractivity contribution is -0.288. The van der Waals surface area contributed by atoms with E-state index in [1.807, 2.05) is 0 Å². The number of hydrogen-bond acceptors (Lipinski definition) is 9. The van der Waals surface area contributed by atoms with Gasteiger partial charge in [0.2, 0.25) is 15.9 Å². The number of alkyl halides is 5. The number of fused-ring (bicyclic) bond motifs is 4. The van der Waals surface area contributed by atoms with Crippen LogP contribution in [0.15, 0.2) is 42.5 Å². The summed E-state index contributed by atoms with van der Waals surface area (Å²) in [5.74, 6) is -4.96. The lowest BCUT2D eigenvalue weighted by Crippen LogP contribution is -2.50. The van der Waals surface area contributed by atoms with Crippen molar-refractivity contribution in [2.45, 2.75) is 68.7 Å². The zero-order valence-corrected chi connectivity index (χ0v) is 34.5. The van der Waals surface area contributed by atoms with E-state index in [-0.39, 0.29) is 69.5 Å². The molecule has 4 heterocycles. The fourth-order valence-corrected chi connectivity index (χ4v) is 8.69. The lowest BCUT2D eigenvalue weighted by atomic mass is 9.93. The molecule has 3 atom stereocenters. The lowest BCUT2D eigenvalue weighted by Gasteiger charge is -2.37. The number of aliphatic hydroxyl groups is 1. The van der Waals surface area contributed by atoms with E-state index in [2.05, 4.69) is 32.1 Å². The van der Waals surface area contributed by atoms with Crippen molar-refractivity contribution in [2.24, 2.45) is 13.0 Å². The van der Waals surface area contributed by atoms with E-state index in [9.17, 15) is 40.3 Å². The van der Waals surface area contributed by atoms with E-state index in [1.165, 1.54) is 36.0 Å². The molecule has 3 aliphatic rings. The summed E-state index contributed by atoms with van der Waals surface area (Å²) in [7, 11) is -2.39. The van der Waals surface area contributed by atoms with Crippen LogP contribution in [0.25, 0.3) is 22.0 Å². The molecule has 1 saturated carbocycles. The predicted molar refractivity (Wildman–Crippen MR) is 208 cm³/mol. The number of ether oxygens (including phenoxy) is 2. The van der Waals surface area contributed by atoms with Gasteiger partial charge in [0.15, 0.2) is 22.9 Å². The normalized spacial score (nSPS) is 20.2. The van der Waals surface area contributed by atoms with E-state index in [4.69, 9.17) is 26.1 Å². The molecule has 0 radical (unpaired) electrons. The number of carbonyl (C=O) groups excluding carboxylic acids is 1. The Hall–Kier alpha value is -5.27. The first-order valence-electron chi connectivity index (χ1n) is 18.8. The first-order chi connectivity index (χ1) is 28.8. The average molecular weight is 910 g/mol. The van der Waals surface area contributed by atoms with Gasteiger partial charge in [-0.05, 0) is 74.4 Å². The summed E-state index contributed by atoms with van der Waals surface area (Å²) in [4.78, 5) is 18.7. The van der Waals surface area contributed by atoms with Crippen molar-refractivity contribution in [3.8, 4) is 23.0 Å². The van der Waals surface area contributed by atoms with Gasteiger partial charge in [0.1, 0.15) is 29.6 Å². The van der Waals surface area contributed by atoms with Crippen molar-refractivity contribution in [2.75, 3.05) is 24.2 Å². The average Bonchev–Trinajstić information content (AvgIpc) is 3.69. The number of hydrogen-bond donors (Lipinski definition) is 3. The number of sulfonamides is 1. The van der Waals surface area contributed by atoms with E-state index in [0.29, 0.717) is 10.7 Å². The van der Waals surface area contributed by atoms with Crippen molar-refractivity contribution < 1.29 is 58.5 Å². The summed E-state index contributed by atoms with van der Waals surface area (Å²) in [5.41, 5.74) is -4.42. The third-order valence-corrected chi connectivity index (χ3v) is 11.6. The van der Waals surface area contributed by atoms with Gasteiger partial charge < -0.3 is 19.9 Å². The molecule has 1 aliphatic heterocycles. The van der Waals surface area contributed by atoms with Crippen LogP contribution in [0.5, 0.6) is 0 Å². The van der Waals surface area contributed by atoms with Gasteiger partial charge in [-0.3, -0.25) is 18.9 Å². The van der Waals surface area contributed by atoms with Crippen LogP contribution in [-0.2, 0) is 56.4 Å². The van der Waals surface area contributed by atoms with Crippen LogP contribution in [0, 0.1) is 29.4 Å². The maximum atomic E-state index is 15.5. The molecule has 13 nitrogen and oxygen atoms in total. The van der Waals surface area contributed by atoms with Crippen molar-refractivity contribution in [1.82, 2.24) is 29.9 Å². The van der Waals surface area contributed by atoms with E-state index >= 15 is 8.78 Å². The number of rotatable bonds is 9. The van der Waals surface area contributed by atoms with Gasteiger partial charge in [-0.15, -0.1) is 0 Å². The number of halogens is 8. The zero-order valence-electron chi connectivity index (χ0n) is 33.0. The molecule has 2 aromatic carbocycles. The van der Waals surface area contributed by atoms with Gasteiger partial charge in [-0.25, -0.2) is 22.2 Å². The van der Waals surface area contributed by atoms with Gasteiger partial charge in [0, 0.05) is 35.7 Å². The molecule has 3 aromatic heterocycles. The van der Waals surface area contributed by atoms with Crippen molar-refractivity contribution in [3.05, 3.63) is 93.0 Å². The van der Waals surface area contributed by atoms with Crippen LogP contribution in [0.2, 0.25) is 5.02 Å². The summed E-state index contributed by atoms with van der Waals surface area (Å²) in [6.07, 6.45) is -4.80. The Morgan fingerprint density at radius 1 is 1.06 bits per heavy atom. The Kier molecular flexibility index (Phi) is 10.4. The Bertz CT molecular complexity index is 2820. The van der Waals surface area contributed by atoms with Crippen molar-refractivity contribution in [3.63, 3.8) is 0 Å². The molecule has 8 rings (SSSR count). The van der Waals surface area contributed by atoms with Crippen LogP contribution in [0.3, 0.4) is 0 Å². The van der Waals surface area contributed by atoms with Crippen molar-refractivity contribution >= 4 is 44.3 Å². The first kappa shape index (κ1) is 43.4. The van der Waals surface area contributed by atoms with Crippen LogP contribution in [0.4, 0.5) is 36.6 Å². The highest BCUT2D eigenvalue weighted by molar-refractivity contribution is 7.92. The molecule has 1 saturated heterocycles. The molecular weight excluding hydrogens is 875 g/mol. The molecule has 328 valence electrons. The first-order valence-corrected chi connectivity index (χ1v) is 21.1. The molecule has 22 heteroatoms. The van der Waals surface area contributed by atoms with Crippen LogP contribution < -0.4 is 10.0 Å². The Labute approximate surface area is 353 Å². The predicted octanol–water partition coefficient (Wildman–Crippen LogP) is 6.33. The van der Waals surface area contributed by atoms with Crippen molar-refractivity contribution in [1.29, 1.82) is 0 Å². The van der Waals surface area contributed by atoms with Crippen LogP contribution in [0.1, 0.15) is 66.1 Å². The molecule has 0 bridgehead atoms. The second-order valence-electron chi connectivity index (χ2n) is 16.0. The van der Waals surface area contributed by atoms with Gasteiger partial charge in [-0.1, -0.05) is 23.6 Å². The Balaban J connectivity index is 1.27. The maximum absolute atomic E-state index is 15.5. The highest BCUT2D eigenvalue weighted by Crippen LogP contribution is 2.68. The highest BCUT2D eigenvalue weighted by atomic mass is 35.5. The minimum atomic E-state index is -5.10. The summed E-state index contributed by atoms with van der Waals surface area (Å²) in [6.45, 7) is 1.67. The molecule has 2 fully saturated rings. The molecule has 5 aromatic rings. The van der Waals surface area contributed by atoms with Gasteiger partial charge in [0.05, 0.1) is 47.1 Å². The molecular formula is C40H35ClF7N7O6S. The van der Waals surface area contributed by atoms with Crippen LogP contribution in [-0.4, -0.2) is 74.8 Å². The van der Waals surface area contributed by atoms with Gasteiger partial charge in [-0.2, -0.15) is 32.1 Å². The molecule has 1 unspecified atom stereocenters. The summed E-state index contributed by atoms with van der Waals surface area (Å²) >= 11 is 6.60. The topological polar surface area (TPSA) is 162 Å². The van der Waals surface area contributed by atoms with Gasteiger partial charge >= 0.3 is 6.18 Å². The second kappa shape index (κ2) is 14.9. The summed E-state index contributed by atoms with van der Waals surface area (Å²) in [6, 6.07) is 7.01. The number of aromatic nitrogens is 5. The maximum Gasteiger partial charge on any atom is 0.435 e. The van der Waals surface area contributed by atoms with E-state index < -0.39 is 98.8 Å². The fourth-order valence-electron chi connectivity index (χ4n) is 7.95. The number of nitrogens with zero attached hydrogens (tertiary/aromatic N) is 5. The fraction of sp³-hybridized carbons (Fsp3) is 0.400. The zero-order chi connectivity index (χ0) is 44.9. The number of carbonyl (C=O) groups is 1. The Morgan fingerprint density at radius 3 is 2.37 bits per heavy atom. The highest BCUT2D eigenvalue weighted by Gasteiger charge is 2.68. The smallest absolute Gasteiger partial charge is 0.373 e. The van der Waals surface area contributed by atoms with E-state index in [1.54, 1.807) is 13.8 Å². The van der Waals surface area contributed by atoms with E-state index in [0.717, 1.165) is 18.4 Å². The second-order valence-corrected chi connectivity index (χ2v) is 18.1. The minimum absolute atomic E-state index is 0.0279. The molecule has 2 aliphatic carbocycles. The number of nitrogens with one attached hydrogen (secondary N) is 2. The molecule has 3 N–H and O–H groups in total. The number of benzene rings is 2. The number of anilines is 1. The van der Waals surface area contributed by atoms with Crippen LogP contribution >= 0.6 is 11.6 Å². The number of amides is 1. The summed E-state index contributed by atoms with van der Waals surface area (Å²) < 4.78 is 142. The largest absolute Gasteiger partial charge is 0.435 e. The van der Waals surface area contributed by atoms with Gasteiger partial charge in [0.25, 0.3) is 5.92 Å². The molecule has 1 amide bonds. The standard InChI is InChI=1S/C40H35ClF7N7O6S/c1-37(2)60-17-38(57,18-61-37)10-9-22-5-6-23(24-7-8-27(41)31-33(24)54(3)52-36(31)53-62(4,58)59)32(49-22)28(13-19-11-20(42)14-21(43)12-19)50-29(56)16-55-35-30(34(51-55)40(46,47)48)25-15-26(25)39(35,44)45/h5-8,11-12,14,25-26,28,57H,13,15-18H2,1-4H3,(H,50,56)(H,52,53)/t25-,26?,28-/m0/s1. The number of aryl methyl sites for hydroxylation is 1. The third-order valence-electron chi connectivity index (χ3n) is 10.7. The minimum Gasteiger partial charge on any atom is -0.373 e. The monoisotopic (exact) mass is 909 g/mol. The quantitative estimate of drug-likeness (QED) is 0.113. The Morgan fingerprint density at radius 2 is 1.73 bits per heavy atom. The third kappa shape index (κ3) is 8.33. The number of pyridine rings is 1. The molecule has 0 spiro atoms. The molecule has 62 heavy (non-hydrogen) atoms. The summed E-state index contributed by atoms with van der Waals surface area (Å²) in [5, 5.41) is 21.7. The SMILES string of the molecule is Cn1nc(NS(C)(=O)=O)c2c(Cl)ccc(-c3ccc(C#CC4(O)COC(C)(C)OC4)nc3[C@H](Cc3cc(F)cc(F)c3)NC(=O)Cn3nc(C(F)(F)F)c4c3C(F)(F)C3C[C@H]43)c21.